The molecule has 5 rings (SSSR count). The van der Waals surface area contributed by atoms with Crippen molar-refractivity contribution >= 4 is 11.9 Å². The highest BCUT2D eigenvalue weighted by molar-refractivity contribution is 6.27. The number of carboxylic acids is 2. The lowest BCUT2D eigenvalue weighted by Crippen LogP contribution is -2.35. The van der Waals surface area contributed by atoms with E-state index in [0.717, 1.165) is 50.4 Å². The van der Waals surface area contributed by atoms with Crippen LogP contribution in [0.3, 0.4) is 0 Å². The van der Waals surface area contributed by atoms with E-state index in [9.17, 15) is 0 Å². The zero-order chi connectivity index (χ0) is 25.8. The molecular formula is C28H33N3O5. The molecule has 0 aliphatic carbocycles. The van der Waals surface area contributed by atoms with Crippen molar-refractivity contribution in [2.75, 3.05) is 20.1 Å². The molecule has 190 valence electrons. The van der Waals surface area contributed by atoms with Gasteiger partial charge in [0, 0.05) is 30.9 Å². The second-order valence-electron chi connectivity index (χ2n) is 9.50. The molecule has 1 unspecified atom stereocenters. The molecule has 2 N–H and O–H groups in total. The average molecular weight is 492 g/mol. The first kappa shape index (κ1) is 25.6. The van der Waals surface area contributed by atoms with Crippen LogP contribution in [0.4, 0.5) is 0 Å². The minimum atomic E-state index is -1.82. The van der Waals surface area contributed by atoms with Crippen molar-refractivity contribution in [2.24, 2.45) is 0 Å². The lowest BCUT2D eigenvalue weighted by molar-refractivity contribution is -0.159. The third-order valence-electron chi connectivity index (χ3n) is 6.93. The third kappa shape index (κ3) is 5.66. The van der Waals surface area contributed by atoms with Gasteiger partial charge in [-0.3, -0.25) is 0 Å². The summed E-state index contributed by atoms with van der Waals surface area (Å²) < 4.78 is 9.22. The molecule has 0 bridgehead atoms. The first-order chi connectivity index (χ1) is 17.2. The molecule has 1 atom stereocenters. The molecule has 3 heterocycles. The van der Waals surface area contributed by atoms with Crippen LogP contribution in [0, 0.1) is 13.8 Å². The summed E-state index contributed by atoms with van der Waals surface area (Å²) in [5.74, 6) is -2.59. The van der Waals surface area contributed by atoms with E-state index in [1.165, 1.54) is 27.9 Å². The van der Waals surface area contributed by atoms with Crippen molar-refractivity contribution in [3.8, 4) is 11.3 Å². The lowest BCUT2D eigenvalue weighted by Gasteiger charge is -2.32. The number of hydrogen-bond acceptors (Lipinski definition) is 5. The quantitative estimate of drug-likeness (QED) is 0.532. The SMILES string of the molecule is Cc1ccc(-c2nc3n(c2C)CCc2ccccc2C3OC2CCN(C)CC2)cc1.O=C(O)C(=O)O. The normalized spacial score (nSPS) is 17.8. The fraction of sp³-hybridized carbons (Fsp3) is 0.393. The fourth-order valence-corrected chi connectivity index (χ4v) is 4.86. The van der Waals surface area contributed by atoms with E-state index >= 15 is 0 Å². The molecule has 8 heteroatoms. The number of fused-ring (bicyclic) bond motifs is 2. The fourth-order valence-electron chi connectivity index (χ4n) is 4.86. The number of benzene rings is 2. The number of piperidine rings is 1. The van der Waals surface area contributed by atoms with Gasteiger partial charge in [0.15, 0.2) is 0 Å². The predicted octanol–water partition coefficient (Wildman–Crippen LogP) is 4.08. The minimum absolute atomic E-state index is 0.102. The van der Waals surface area contributed by atoms with Crippen molar-refractivity contribution in [1.82, 2.24) is 14.5 Å². The number of hydrogen-bond donors (Lipinski definition) is 2. The highest BCUT2D eigenvalue weighted by Crippen LogP contribution is 2.37. The van der Waals surface area contributed by atoms with Gasteiger partial charge in [-0.25, -0.2) is 14.6 Å². The zero-order valence-electron chi connectivity index (χ0n) is 21.0. The van der Waals surface area contributed by atoms with Crippen LogP contribution in [-0.2, 0) is 27.3 Å². The molecule has 0 saturated carbocycles. The standard InChI is InChI=1S/C26H31N3O.C2H2O4/c1-18-8-10-21(11-9-18)24-19(2)29-17-12-20-6-4-5-7-23(20)25(26(29)27-24)30-22-13-15-28(3)16-14-22;3-1(4)2(5)6/h4-11,22,25H,12-17H2,1-3H3;(H,3,4)(H,5,6). The topological polar surface area (TPSA) is 105 Å². The van der Waals surface area contributed by atoms with Gasteiger partial charge in [0.05, 0.1) is 11.8 Å². The number of nitrogens with zero attached hydrogens (tertiary/aromatic N) is 3. The van der Waals surface area contributed by atoms with E-state index in [1.54, 1.807) is 0 Å². The predicted molar refractivity (Wildman–Crippen MR) is 136 cm³/mol. The number of likely N-dealkylation sites (tertiary alicyclic amines) is 1. The Morgan fingerprint density at radius 2 is 1.58 bits per heavy atom. The van der Waals surface area contributed by atoms with Gasteiger partial charge in [0.1, 0.15) is 11.9 Å². The van der Waals surface area contributed by atoms with Crippen molar-refractivity contribution in [2.45, 2.75) is 51.9 Å². The van der Waals surface area contributed by atoms with Gasteiger partial charge in [0.25, 0.3) is 0 Å². The van der Waals surface area contributed by atoms with Gasteiger partial charge in [-0.15, -0.1) is 0 Å². The molecule has 3 aromatic rings. The van der Waals surface area contributed by atoms with Gasteiger partial charge < -0.3 is 24.4 Å². The molecule has 0 amide bonds. The molecule has 1 saturated heterocycles. The van der Waals surface area contributed by atoms with E-state index in [-0.39, 0.29) is 12.2 Å². The van der Waals surface area contributed by atoms with E-state index in [0.29, 0.717) is 0 Å². The second kappa shape index (κ2) is 11.1. The first-order valence-corrected chi connectivity index (χ1v) is 12.3. The van der Waals surface area contributed by atoms with E-state index in [4.69, 9.17) is 29.5 Å². The van der Waals surface area contributed by atoms with Gasteiger partial charge in [0.2, 0.25) is 0 Å². The number of carboxylic acid groups (broad SMARTS) is 2. The summed E-state index contributed by atoms with van der Waals surface area (Å²) in [6.45, 7) is 7.47. The van der Waals surface area contributed by atoms with Crippen LogP contribution in [0.25, 0.3) is 11.3 Å². The Hall–Kier alpha value is -3.49. The van der Waals surface area contributed by atoms with Crippen LogP contribution in [0.1, 0.15) is 47.2 Å². The molecule has 2 aromatic carbocycles. The van der Waals surface area contributed by atoms with E-state index in [1.807, 2.05) is 0 Å². The molecule has 2 aliphatic heterocycles. The van der Waals surface area contributed by atoms with Gasteiger partial charge in [-0.2, -0.15) is 0 Å². The summed E-state index contributed by atoms with van der Waals surface area (Å²) in [7, 11) is 2.20. The van der Waals surface area contributed by atoms with Crippen molar-refractivity contribution < 1.29 is 24.5 Å². The van der Waals surface area contributed by atoms with E-state index in [2.05, 4.69) is 78.9 Å². The summed E-state index contributed by atoms with van der Waals surface area (Å²) >= 11 is 0. The summed E-state index contributed by atoms with van der Waals surface area (Å²) in [4.78, 5) is 25.8. The number of aliphatic carboxylic acids is 2. The summed E-state index contributed by atoms with van der Waals surface area (Å²) in [5, 5.41) is 14.8. The smallest absolute Gasteiger partial charge is 0.414 e. The highest BCUT2D eigenvalue weighted by atomic mass is 16.5. The number of aryl methyl sites for hydroxylation is 2. The highest BCUT2D eigenvalue weighted by Gasteiger charge is 2.32. The molecule has 1 fully saturated rings. The van der Waals surface area contributed by atoms with Gasteiger partial charge >= 0.3 is 11.9 Å². The van der Waals surface area contributed by atoms with Crippen LogP contribution in [0.15, 0.2) is 48.5 Å². The van der Waals surface area contributed by atoms with Crippen LogP contribution in [0.2, 0.25) is 0 Å². The first-order valence-electron chi connectivity index (χ1n) is 12.3. The maximum Gasteiger partial charge on any atom is 0.414 e. The summed E-state index contributed by atoms with van der Waals surface area (Å²) in [6.07, 6.45) is 3.36. The Bertz CT molecular complexity index is 1210. The minimum Gasteiger partial charge on any atom is -0.473 e. The number of rotatable bonds is 3. The van der Waals surface area contributed by atoms with Crippen LogP contribution in [-0.4, -0.2) is 62.8 Å². The van der Waals surface area contributed by atoms with Crippen molar-refractivity contribution in [3.05, 3.63) is 76.7 Å². The molecule has 36 heavy (non-hydrogen) atoms. The van der Waals surface area contributed by atoms with Crippen LogP contribution < -0.4 is 0 Å². The molecule has 0 spiro atoms. The number of aromatic nitrogens is 2. The second-order valence-corrected chi connectivity index (χ2v) is 9.50. The van der Waals surface area contributed by atoms with Gasteiger partial charge in [-0.05, 0) is 51.3 Å². The lowest BCUT2D eigenvalue weighted by atomic mass is 9.99. The Kier molecular flexibility index (Phi) is 7.86. The molecule has 8 nitrogen and oxygen atoms in total. The molecule has 1 aromatic heterocycles. The number of imidazole rings is 1. The van der Waals surface area contributed by atoms with E-state index < -0.39 is 11.9 Å². The largest absolute Gasteiger partial charge is 0.473 e. The Morgan fingerprint density at radius 1 is 0.944 bits per heavy atom. The Morgan fingerprint density at radius 3 is 2.22 bits per heavy atom. The van der Waals surface area contributed by atoms with Crippen molar-refractivity contribution in [1.29, 1.82) is 0 Å². The number of ether oxygens (including phenoxy) is 1. The summed E-state index contributed by atoms with van der Waals surface area (Å²) in [5.41, 5.74) is 7.45. The molecular weight excluding hydrogens is 458 g/mol. The van der Waals surface area contributed by atoms with Crippen molar-refractivity contribution in [3.63, 3.8) is 0 Å². The third-order valence-corrected chi connectivity index (χ3v) is 6.93. The maximum absolute atomic E-state index is 9.10. The zero-order valence-corrected chi connectivity index (χ0v) is 21.0. The summed E-state index contributed by atoms with van der Waals surface area (Å²) in [6, 6.07) is 17.5. The van der Waals surface area contributed by atoms with Crippen LogP contribution in [0.5, 0.6) is 0 Å². The van der Waals surface area contributed by atoms with Crippen LogP contribution >= 0.6 is 0 Å². The monoisotopic (exact) mass is 491 g/mol. The molecule has 2 aliphatic rings. The Labute approximate surface area is 211 Å². The maximum atomic E-state index is 9.10. The Balaban J connectivity index is 0.000000455. The number of carbonyl (C=O) groups is 2. The van der Waals surface area contributed by atoms with Gasteiger partial charge in [-0.1, -0.05) is 54.1 Å². The molecule has 0 radical (unpaired) electrons. The average Bonchev–Trinajstić information content (AvgIpc) is 3.10.